The fourth-order valence-corrected chi connectivity index (χ4v) is 2.08. The van der Waals surface area contributed by atoms with Crippen LogP contribution in [0.25, 0.3) is 0 Å². The molecule has 0 heterocycles. The zero-order valence-electron chi connectivity index (χ0n) is 17.3. The van der Waals surface area contributed by atoms with Crippen molar-refractivity contribution >= 4 is 18.0 Å². The lowest BCUT2D eigenvalue weighted by Crippen LogP contribution is -2.57. The number of ether oxygens (including phenoxy) is 2. The fraction of sp³-hybridized carbons (Fsp3) is 0.833. The van der Waals surface area contributed by atoms with E-state index in [9.17, 15) is 19.5 Å². The van der Waals surface area contributed by atoms with Crippen molar-refractivity contribution in [2.75, 3.05) is 13.2 Å². The highest BCUT2D eigenvalue weighted by Gasteiger charge is 2.40. The third-order valence-corrected chi connectivity index (χ3v) is 3.39. The molecule has 2 atom stereocenters. The molecule has 5 N–H and O–H groups in total. The second-order valence-electron chi connectivity index (χ2n) is 8.36. The van der Waals surface area contributed by atoms with Crippen molar-refractivity contribution in [1.29, 1.82) is 0 Å². The van der Waals surface area contributed by atoms with Gasteiger partial charge < -0.3 is 26.0 Å². The van der Waals surface area contributed by atoms with Crippen LogP contribution in [0.4, 0.5) is 4.79 Å². The Bertz CT molecular complexity index is 510. The number of carbonyl (C=O) groups is 3. The van der Waals surface area contributed by atoms with Crippen molar-refractivity contribution in [3.05, 3.63) is 0 Å². The van der Waals surface area contributed by atoms with Crippen molar-refractivity contribution in [2.24, 2.45) is 11.5 Å². The van der Waals surface area contributed by atoms with Gasteiger partial charge in [-0.15, -0.1) is 0 Å². The number of carboxylic acids is 1. The van der Waals surface area contributed by atoms with E-state index in [4.69, 9.17) is 20.9 Å². The molecule has 0 fully saturated rings. The first-order valence-electron chi connectivity index (χ1n) is 9.08. The van der Waals surface area contributed by atoms with Crippen molar-refractivity contribution < 1.29 is 29.0 Å². The molecule has 0 rings (SSSR count). The second kappa shape index (κ2) is 10.6. The topological polar surface area (TPSA) is 145 Å². The van der Waals surface area contributed by atoms with Gasteiger partial charge in [-0.3, -0.25) is 4.79 Å². The lowest BCUT2D eigenvalue weighted by molar-refractivity contribution is -0.155. The van der Waals surface area contributed by atoms with Gasteiger partial charge in [0.2, 0.25) is 5.91 Å². The molecule has 9 nitrogen and oxygen atoms in total. The van der Waals surface area contributed by atoms with Gasteiger partial charge in [-0.25, -0.2) is 14.5 Å². The highest BCUT2D eigenvalue weighted by Crippen LogP contribution is 2.17. The first-order valence-corrected chi connectivity index (χ1v) is 9.08. The summed E-state index contributed by atoms with van der Waals surface area (Å²) >= 11 is 0. The number of hydrogen-bond acceptors (Lipinski definition) is 7. The van der Waals surface area contributed by atoms with E-state index in [1.807, 2.05) is 0 Å². The molecule has 9 heteroatoms. The Morgan fingerprint density at radius 3 is 2.00 bits per heavy atom. The van der Waals surface area contributed by atoms with Crippen LogP contribution in [0.3, 0.4) is 0 Å². The monoisotopic (exact) mass is 389 g/mol. The predicted octanol–water partition coefficient (Wildman–Crippen LogP) is 1.47. The number of nitrogens with zero attached hydrogens (tertiary/aromatic N) is 1. The molecule has 0 aromatic rings. The molecule has 158 valence electrons. The average Bonchev–Trinajstić information content (AvgIpc) is 2.47. The minimum Gasteiger partial charge on any atom is -0.480 e. The minimum atomic E-state index is -1.55. The molecule has 2 amide bonds. The van der Waals surface area contributed by atoms with Crippen LogP contribution in [0.15, 0.2) is 0 Å². The Morgan fingerprint density at radius 1 is 1.04 bits per heavy atom. The van der Waals surface area contributed by atoms with Crippen LogP contribution < -0.4 is 11.5 Å². The van der Waals surface area contributed by atoms with Crippen LogP contribution in [0.5, 0.6) is 0 Å². The fourth-order valence-electron chi connectivity index (χ4n) is 2.08. The van der Waals surface area contributed by atoms with Gasteiger partial charge in [0, 0.05) is 0 Å². The lowest BCUT2D eigenvalue weighted by Gasteiger charge is -2.32. The van der Waals surface area contributed by atoms with Gasteiger partial charge in [0.05, 0.1) is 18.2 Å². The highest BCUT2D eigenvalue weighted by molar-refractivity contribution is 5.99. The molecule has 0 aliphatic carbocycles. The molecular weight excluding hydrogens is 354 g/mol. The number of carboxylic acid groups (broad SMARTS) is 1. The number of hydrogen-bond donors (Lipinski definition) is 3. The quantitative estimate of drug-likeness (QED) is 0.503. The molecule has 0 unspecified atom stereocenters. The Morgan fingerprint density at radius 2 is 1.59 bits per heavy atom. The van der Waals surface area contributed by atoms with Gasteiger partial charge in [-0.1, -0.05) is 6.42 Å². The summed E-state index contributed by atoms with van der Waals surface area (Å²) in [6, 6.07) is -2.59. The van der Waals surface area contributed by atoms with Gasteiger partial charge >= 0.3 is 12.1 Å². The SMILES string of the molecule is CC(C)(C)OC[C@@H](C(=O)O)N(C(=O)OC(C)(C)C)C(=O)[C@@H](N)CCCCN. The van der Waals surface area contributed by atoms with Gasteiger partial charge in [-0.05, 0) is 60.9 Å². The van der Waals surface area contributed by atoms with Gasteiger partial charge in [0.15, 0.2) is 6.04 Å². The van der Waals surface area contributed by atoms with E-state index in [0.29, 0.717) is 24.3 Å². The molecule has 0 aromatic heterocycles. The summed E-state index contributed by atoms with van der Waals surface area (Å²) in [5.74, 6) is -2.20. The molecular formula is C18H35N3O6. The van der Waals surface area contributed by atoms with E-state index in [1.165, 1.54) is 0 Å². The molecule has 0 saturated heterocycles. The Labute approximate surface area is 161 Å². The molecule has 0 radical (unpaired) electrons. The number of carbonyl (C=O) groups excluding carboxylic acids is 2. The lowest BCUT2D eigenvalue weighted by atomic mass is 10.1. The molecule has 0 bridgehead atoms. The third kappa shape index (κ3) is 10.3. The van der Waals surface area contributed by atoms with Crippen LogP contribution in [0.2, 0.25) is 0 Å². The van der Waals surface area contributed by atoms with Gasteiger partial charge in [0.1, 0.15) is 5.60 Å². The number of nitrogens with two attached hydrogens (primary N) is 2. The summed E-state index contributed by atoms with van der Waals surface area (Å²) in [6.45, 7) is 10.2. The zero-order chi connectivity index (χ0) is 21.4. The van der Waals surface area contributed by atoms with Crippen LogP contribution in [0, 0.1) is 0 Å². The molecule has 0 aliphatic rings. The third-order valence-electron chi connectivity index (χ3n) is 3.39. The molecule has 0 saturated carbocycles. The summed E-state index contributed by atoms with van der Waals surface area (Å²) in [6.07, 6.45) is 0.471. The number of amides is 2. The van der Waals surface area contributed by atoms with Crippen molar-refractivity contribution in [2.45, 2.75) is 84.1 Å². The smallest absolute Gasteiger partial charge is 0.417 e. The summed E-state index contributed by atoms with van der Waals surface area (Å²) in [5, 5.41) is 9.59. The second-order valence-corrected chi connectivity index (χ2v) is 8.36. The van der Waals surface area contributed by atoms with E-state index in [1.54, 1.807) is 41.5 Å². The number of imide groups is 1. The summed E-state index contributed by atoms with van der Waals surface area (Å²) in [7, 11) is 0. The van der Waals surface area contributed by atoms with E-state index < -0.39 is 41.3 Å². The van der Waals surface area contributed by atoms with E-state index in [2.05, 4.69) is 0 Å². The van der Waals surface area contributed by atoms with Crippen molar-refractivity contribution in [3.8, 4) is 0 Å². The first kappa shape index (κ1) is 25.3. The average molecular weight is 389 g/mol. The van der Waals surface area contributed by atoms with Crippen LogP contribution in [0.1, 0.15) is 60.8 Å². The van der Waals surface area contributed by atoms with Crippen molar-refractivity contribution in [1.82, 2.24) is 4.90 Å². The normalized spacial score (nSPS) is 14.4. The summed E-state index contributed by atoms with van der Waals surface area (Å²) in [5.41, 5.74) is 9.78. The predicted molar refractivity (Wildman–Crippen MR) is 101 cm³/mol. The number of aliphatic carboxylic acids is 1. The number of unbranched alkanes of at least 4 members (excludes halogenated alkanes) is 1. The van der Waals surface area contributed by atoms with E-state index in [0.717, 1.165) is 0 Å². The molecule has 27 heavy (non-hydrogen) atoms. The van der Waals surface area contributed by atoms with E-state index in [-0.39, 0.29) is 13.0 Å². The molecule has 0 aromatic carbocycles. The Kier molecular flexibility index (Phi) is 9.91. The van der Waals surface area contributed by atoms with Crippen LogP contribution in [-0.2, 0) is 19.1 Å². The Hall–Kier alpha value is -1.71. The molecule has 0 spiro atoms. The van der Waals surface area contributed by atoms with Gasteiger partial charge in [0.25, 0.3) is 0 Å². The minimum absolute atomic E-state index is 0.280. The zero-order valence-corrected chi connectivity index (χ0v) is 17.3. The molecule has 0 aliphatic heterocycles. The Balaban J connectivity index is 5.61. The van der Waals surface area contributed by atoms with Crippen LogP contribution >= 0.6 is 0 Å². The van der Waals surface area contributed by atoms with E-state index >= 15 is 0 Å². The maximum atomic E-state index is 12.8. The number of rotatable bonds is 9. The summed E-state index contributed by atoms with van der Waals surface area (Å²) < 4.78 is 10.7. The highest BCUT2D eigenvalue weighted by atomic mass is 16.6. The maximum Gasteiger partial charge on any atom is 0.417 e. The first-order chi connectivity index (χ1) is 12.2. The maximum absolute atomic E-state index is 12.8. The standard InChI is InChI=1S/C18H35N3O6/c1-17(2,3)26-11-13(15(23)24)21(16(25)27-18(4,5)6)14(22)12(20)9-7-8-10-19/h12-13H,7-11,19-20H2,1-6H3,(H,23,24)/t12-,13-/m0/s1. The van der Waals surface area contributed by atoms with Gasteiger partial charge in [-0.2, -0.15) is 0 Å². The largest absolute Gasteiger partial charge is 0.480 e. The van der Waals surface area contributed by atoms with Crippen LogP contribution in [-0.4, -0.2) is 64.4 Å². The summed E-state index contributed by atoms with van der Waals surface area (Å²) in [4.78, 5) is 37.7. The van der Waals surface area contributed by atoms with Crippen molar-refractivity contribution in [3.63, 3.8) is 0 Å².